The van der Waals surface area contributed by atoms with Crippen LogP contribution in [0.4, 0.5) is 5.69 Å². The molecule has 1 amide bonds. The van der Waals surface area contributed by atoms with Gasteiger partial charge in [-0.2, -0.15) is 0 Å². The molecule has 0 saturated carbocycles. The molecule has 2 rings (SSSR count). The number of aliphatic hydroxyl groups is 1. The Hall–Kier alpha value is -2.20. The van der Waals surface area contributed by atoms with Crippen LogP contribution < -0.4 is 5.32 Å². The van der Waals surface area contributed by atoms with Crippen molar-refractivity contribution in [3.63, 3.8) is 0 Å². The Balaban J connectivity index is 0.000000527. The van der Waals surface area contributed by atoms with Crippen LogP contribution in [0.5, 0.6) is 0 Å². The van der Waals surface area contributed by atoms with Crippen molar-refractivity contribution in [2.75, 3.05) is 51.2 Å². The molecule has 1 heterocycles. The highest BCUT2D eigenvalue weighted by molar-refractivity contribution is 6.33. The number of carboxylic acids is 2. The topological polar surface area (TPSA) is 130 Å². The summed E-state index contributed by atoms with van der Waals surface area (Å²) < 4.78 is 0. The van der Waals surface area contributed by atoms with Crippen LogP contribution in [0.15, 0.2) is 24.3 Å². The van der Waals surface area contributed by atoms with Crippen molar-refractivity contribution in [3.8, 4) is 0 Å². The molecule has 1 aliphatic rings. The maximum absolute atomic E-state index is 11.9. The zero-order chi connectivity index (χ0) is 20.2. The van der Waals surface area contributed by atoms with Crippen molar-refractivity contribution in [2.24, 2.45) is 0 Å². The van der Waals surface area contributed by atoms with E-state index in [-0.39, 0.29) is 12.5 Å². The van der Waals surface area contributed by atoms with Gasteiger partial charge in [-0.25, -0.2) is 9.59 Å². The van der Waals surface area contributed by atoms with Crippen LogP contribution in [0.25, 0.3) is 0 Å². The smallest absolute Gasteiger partial charge is 0.414 e. The number of β-amino-alcohol motifs (C(OH)–C–C–N with tert-alkyl or cyclic N) is 1. The molecule has 1 fully saturated rings. The number of nitrogens with zero attached hydrogens (tertiary/aromatic N) is 2. The minimum Gasteiger partial charge on any atom is -0.473 e. The fourth-order valence-corrected chi connectivity index (χ4v) is 2.60. The number of aliphatic hydroxyl groups excluding tert-OH is 1. The summed E-state index contributed by atoms with van der Waals surface area (Å²) >= 11 is 6.01. The van der Waals surface area contributed by atoms with Gasteiger partial charge in [-0.1, -0.05) is 23.7 Å². The molecule has 0 unspecified atom stereocenters. The summed E-state index contributed by atoms with van der Waals surface area (Å²) in [4.78, 5) is 34.6. The molecule has 0 aromatic heterocycles. The number of anilines is 1. The Labute approximate surface area is 162 Å². The molecule has 0 spiro atoms. The van der Waals surface area contributed by atoms with E-state index in [0.717, 1.165) is 39.3 Å². The zero-order valence-electron chi connectivity index (χ0n) is 14.8. The van der Waals surface area contributed by atoms with Crippen LogP contribution in [-0.4, -0.2) is 88.8 Å². The highest BCUT2D eigenvalue weighted by atomic mass is 35.5. The maximum atomic E-state index is 11.9. The first-order valence-electron chi connectivity index (χ1n) is 8.39. The van der Waals surface area contributed by atoms with Gasteiger partial charge in [0, 0.05) is 45.7 Å². The normalized spacial score (nSPS) is 14.7. The Morgan fingerprint density at radius 3 is 1.96 bits per heavy atom. The average Bonchev–Trinajstić information content (AvgIpc) is 2.64. The Kier molecular flexibility index (Phi) is 10.3. The van der Waals surface area contributed by atoms with Gasteiger partial charge in [0.25, 0.3) is 0 Å². The second kappa shape index (κ2) is 12.2. The fraction of sp³-hybridized carbons (Fsp3) is 0.471. The van der Waals surface area contributed by atoms with Crippen LogP contribution in [0.1, 0.15) is 6.42 Å². The molecule has 1 aromatic rings. The first-order valence-corrected chi connectivity index (χ1v) is 8.77. The first-order chi connectivity index (χ1) is 12.8. The molecular weight excluding hydrogens is 378 g/mol. The van der Waals surface area contributed by atoms with Gasteiger partial charge in [0.05, 0.1) is 17.3 Å². The molecular formula is C17H24ClN3O6. The van der Waals surface area contributed by atoms with Crippen molar-refractivity contribution < 1.29 is 29.7 Å². The van der Waals surface area contributed by atoms with E-state index < -0.39 is 11.9 Å². The molecule has 1 aliphatic heterocycles. The summed E-state index contributed by atoms with van der Waals surface area (Å²) in [7, 11) is 0. The molecule has 1 saturated heterocycles. The van der Waals surface area contributed by atoms with Crippen LogP contribution >= 0.6 is 11.6 Å². The molecule has 10 heteroatoms. The third kappa shape index (κ3) is 9.34. The Bertz CT molecular complexity index is 623. The monoisotopic (exact) mass is 401 g/mol. The van der Waals surface area contributed by atoms with Crippen molar-refractivity contribution in [1.82, 2.24) is 9.80 Å². The third-order valence-electron chi connectivity index (χ3n) is 3.87. The van der Waals surface area contributed by atoms with Gasteiger partial charge in [0.1, 0.15) is 0 Å². The number of rotatable bonds is 6. The van der Waals surface area contributed by atoms with Gasteiger partial charge in [0.2, 0.25) is 5.91 Å². The van der Waals surface area contributed by atoms with Crippen molar-refractivity contribution >= 4 is 35.1 Å². The quantitative estimate of drug-likeness (QED) is 0.505. The number of carbonyl (C=O) groups excluding carboxylic acids is 1. The largest absolute Gasteiger partial charge is 0.473 e. The molecule has 0 bridgehead atoms. The van der Waals surface area contributed by atoms with Gasteiger partial charge in [-0.3, -0.25) is 9.69 Å². The van der Waals surface area contributed by atoms with Gasteiger partial charge >= 0.3 is 11.9 Å². The molecule has 9 nitrogen and oxygen atoms in total. The van der Waals surface area contributed by atoms with Gasteiger partial charge in [0.15, 0.2) is 0 Å². The van der Waals surface area contributed by atoms with E-state index >= 15 is 0 Å². The summed E-state index contributed by atoms with van der Waals surface area (Å²) in [6, 6.07) is 7.25. The molecule has 150 valence electrons. The van der Waals surface area contributed by atoms with Crippen LogP contribution in [-0.2, 0) is 14.4 Å². The lowest BCUT2D eigenvalue weighted by molar-refractivity contribution is -0.159. The Morgan fingerprint density at radius 2 is 1.48 bits per heavy atom. The molecule has 27 heavy (non-hydrogen) atoms. The number of para-hydroxylation sites is 1. The summed E-state index contributed by atoms with van der Waals surface area (Å²) in [6.45, 7) is 5.49. The number of amides is 1. The molecule has 0 radical (unpaired) electrons. The number of piperazine rings is 1. The highest BCUT2D eigenvalue weighted by Crippen LogP contribution is 2.20. The van der Waals surface area contributed by atoms with Gasteiger partial charge in [-0.15, -0.1) is 0 Å². The van der Waals surface area contributed by atoms with Crippen molar-refractivity contribution in [1.29, 1.82) is 0 Å². The number of carboxylic acid groups (broad SMARTS) is 2. The molecule has 1 aromatic carbocycles. The highest BCUT2D eigenvalue weighted by Gasteiger charge is 2.17. The standard InChI is InChI=1S/C15H22ClN3O2.C2H2O4/c16-13-3-1-2-4-14(13)17-15(21)5-6-18-7-9-19(10-8-18)11-12-20;3-1(4)2(5)6/h1-4,20H,5-12H2,(H,17,21);(H,3,4)(H,5,6). The number of nitrogens with one attached hydrogen (secondary N) is 1. The molecule has 0 atom stereocenters. The number of halogens is 1. The van der Waals surface area contributed by atoms with Crippen LogP contribution in [0.2, 0.25) is 5.02 Å². The van der Waals surface area contributed by atoms with E-state index in [9.17, 15) is 4.79 Å². The van der Waals surface area contributed by atoms with E-state index in [0.29, 0.717) is 17.1 Å². The lowest BCUT2D eigenvalue weighted by Crippen LogP contribution is -2.47. The van der Waals surface area contributed by atoms with E-state index in [1.54, 1.807) is 12.1 Å². The summed E-state index contributed by atoms with van der Waals surface area (Å²) in [6.07, 6.45) is 0.464. The van der Waals surface area contributed by atoms with Gasteiger partial charge in [-0.05, 0) is 12.1 Å². The minimum absolute atomic E-state index is 0.0131. The van der Waals surface area contributed by atoms with Crippen LogP contribution in [0, 0.1) is 0 Å². The lowest BCUT2D eigenvalue weighted by atomic mass is 10.2. The lowest BCUT2D eigenvalue weighted by Gasteiger charge is -2.34. The second-order valence-electron chi connectivity index (χ2n) is 5.80. The van der Waals surface area contributed by atoms with E-state index in [4.69, 9.17) is 36.5 Å². The number of hydrogen-bond acceptors (Lipinski definition) is 6. The minimum atomic E-state index is -1.82. The predicted molar refractivity (Wildman–Crippen MR) is 99.9 cm³/mol. The van der Waals surface area contributed by atoms with Crippen molar-refractivity contribution in [2.45, 2.75) is 6.42 Å². The Morgan fingerprint density at radius 1 is 0.963 bits per heavy atom. The van der Waals surface area contributed by atoms with Crippen molar-refractivity contribution in [3.05, 3.63) is 29.3 Å². The SMILES string of the molecule is O=C(CCN1CCN(CCO)CC1)Nc1ccccc1Cl.O=C(O)C(=O)O. The average molecular weight is 402 g/mol. The zero-order valence-corrected chi connectivity index (χ0v) is 15.6. The van der Waals surface area contributed by atoms with E-state index in [1.165, 1.54) is 0 Å². The molecule has 4 N–H and O–H groups in total. The van der Waals surface area contributed by atoms with E-state index in [2.05, 4.69) is 15.1 Å². The second-order valence-corrected chi connectivity index (χ2v) is 6.20. The fourth-order valence-electron chi connectivity index (χ4n) is 2.41. The number of hydrogen-bond donors (Lipinski definition) is 4. The molecule has 0 aliphatic carbocycles. The first kappa shape index (κ1) is 22.8. The summed E-state index contributed by atoms with van der Waals surface area (Å²) in [5.74, 6) is -3.66. The van der Waals surface area contributed by atoms with E-state index in [1.807, 2.05) is 12.1 Å². The predicted octanol–water partition coefficient (Wildman–Crippen LogP) is 0.434. The third-order valence-corrected chi connectivity index (χ3v) is 4.20. The number of carbonyl (C=O) groups is 3. The summed E-state index contributed by atoms with van der Waals surface area (Å²) in [5.41, 5.74) is 0.664. The maximum Gasteiger partial charge on any atom is 0.414 e. The van der Waals surface area contributed by atoms with Crippen LogP contribution in [0.3, 0.4) is 0 Å². The number of benzene rings is 1. The summed E-state index contributed by atoms with van der Waals surface area (Å²) in [5, 5.41) is 27.1. The number of aliphatic carboxylic acids is 2. The van der Waals surface area contributed by atoms with Gasteiger partial charge < -0.3 is 25.5 Å².